The van der Waals surface area contributed by atoms with Gasteiger partial charge in [0.1, 0.15) is 5.82 Å². The molecule has 92 valence electrons. The lowest BCUT2D eigenvalue weighted by molar-refractivity contribution is -0.384. The molecule has 0 N–H and O–H groups in total. The summed E-state index contributed by atoms with van der Waals surface area (Å²) in [7, 11) is 1.71. The van der Waals surface area contributed by atoms with Crippen molar-refractivity contribution in [2.45, 2.75) is 0 Å². The van der Waals surface area contributed by atoms with Crippen LogP contribution in [0.1, 0.15) is 0 Å². The highest BCUT2D eigenvalue weighted by atomic mass is 19.1. The molecule has 2 rings (SSSR count). The first-order valence-electron chi connectivity index (χ1n) is 5.32. The van der Waals surface area contributed by atoms with Gasteiger partial charge in [-0.3, -0.25) is 10.1 Å². The van der Waals surface area contributed by atoms with Crippen molar-refractivity contribution in [2.75, 3.05) is 11.9 Å². The van der Waals surface area contributed by atoms with Crippen LogP contribution in [0.25, 0.3) is 0 Å². The third-order valence-electron chi connectivity index (χ3n) is 2.66. The third kappa shape index (κ3) is 2.29. The zero-order valence-corrected chi connectivity index (χ0v) is 9.71. The van der Waals surface area contributed by atoms with Crippen molar-refractivity contribution >= 4 is 17.1 Å². The van der Waals surface area contributed by atoms with Gasteiger partial charge < -0.3 is 4.90 Å². The molecule has 0 saturated heterocycles. The van der Waals surface area contributed by atoms with Crippen LogP contribution in [0.2, 0.25) is 0 Å². The molecular formula is C13H11FN2O2. The molecule has 0 radical (unpaired) electrons. The number of nitro groups is 1. The van der Waals surface area contributed by atoms with Crippen LogP contribution in [-0.4, -0.2) is 12.0 Å². The number of nitrogens with zero attached hydrogens (tertiary/aromatic N) is 2. The van der Waals surface area contributed by atoms with E-state index in [1.54, 1.807) is 42.3 Å². The minimum atomic E-state index is -0.465. The highest BCUT2D eigenvalue weighted by Gasteiger charge is 2.10. The predicted molar refractivity (Wildman–Crippen MR) is 67.6 cm³/mol. The maximum Gasteiger partial charge on any atom is 0.269 e. The fraction of sp³-hybridized carbons (Fsp3) is 0.0769. The predicted octanol–water partition coefficient (Wildman–Crippen LogP) is 3.50. The summed E-state index contributed by atoms with van der Waals surface area (Å²) in [6.45, 7) is 0. The smallest absolute Gasteiger partial charge is 0.269 e. The van der Waals surface area contributed by atoms with Gasteiger partial charge in [0.2, 0.25) is 0 Å². The molecule has 5 heteroatoms. The van der Waals surface area contributed by atoms with Gasteiger partial charge in [-0.15, -0.1) is 0 Å². The van der Waals surface area contributed by atoms with Gasteiger partial charge in [0.05, 0.1) is 10.6 Å². The average molecular weight is 246 g/mol. The van der Waals surface area contributed by atoms with Crippen LogP contribution in [0, 0.1) is 15.9 Å². The second-order valence-electron chi connectivity index (χ2n) is 3.78. The lowest BCUT2D eigenvalue weighted by Crippen LogP contribution is -2.10. The van der Waals surface area contributed by atoms with Gasteiger partial charge in [-0.1, -0.05) is 12.1 Å². The molecule has 0 aliphatic rings. The second-order valence-corrected chi connectivity index (χ2v) is 3.78. The van der Waals surface area contributed by atoms with Gasteiger partial charge in [0.25, 0.3) is 5.69 Å². The van der Waals surface area contributed by atoms with Crippen molar-refractivity contribution in [3.63, 3.8) is 0 Å². The first-order valence-corrected chi connectivity index (χ1v) is 5.32. The fourth-order valence-corrected chi connectivity index (χ4v) is 1.66. The van der Waals surface area contributed by atoms with E-state index in [4.69, 9.17) is 0 Å². The van der Waals surface area contributed by atoms with Crippen LogP contribution >= 0.6 is 0 Å². The summed E-state index contributed by atoms with van der Waals surface area (Å²) in [5, 5.41) is 10.5. The molecular weight excluding hydrogens is 235 g/mol. The summed E-state index contributed by atoms with van der Waals surface area (Å²) in [6, 6.07) is 12.3. The van der Waals surface area contributed by atoms with Crippen LogP contribution in [0.3, 0.4) is 0 Å². The molecule has 0 aromatic heterocycles. The Morgan fingerprint density at radius 1 is 1.11 bits per heavy atom. The van der Waals surface area contributed by atoms with Crippen LogP contribution in [0.4, 0.5) is 21.5 Å². The summed E-state index contributed by atoms with van der Waals surface area (Å²) < 4.78 is 13.6. The number of anilines is 2. The van der Waals surface area contributed by atoms with E-state index in [-0.39, 0.29) is 11.5 Å². The lowest BCUT2D eigenvalue weighted by Gasteiger charge is -2.19. The van der Waals surface area contributed by atoms with E-state index in [0.717, 1.165) is 0 Å². The van der Waals surface area contributed by atoms with Crippen molar-refractivity contribution < 1.29 is 9.31 Å². The van der Waals surface area contributed by atoms with Crippen molar-refractivity contribution in [1.82, 2.24) is 0 Å². The molecule has 0 saturated carbocycles. The third-order valence-corrected chi connectivity index (χ3v) is 2.66. The van der Waals surface area contributed by atoms with E-state index in [2.05, 4.69) is 0 Å². The van der Waals surface area contributed by atoms with Gasteiger partial charge >= 0.3 is 0 Å². The average Bonchev–Trinajstić information content (AvgIpc) is 2.38. The van der Waals surface area contributed by atoms with Gasteiger partial charge in [-0.05, 0) is 24.3 Å². The number of hydrogen-bond acceptors (Lipinski definition) is 3. The SMILES string of the molecule is CN(c1ccc([N+](=O)[O-])cc1)c1ccccc1F. The number of halogens is 1. The quantitative estimate of drug-likeness (QED) is 0.615. The molecule has 0 fully saturated rings. The molecule has 0 aliphatic carbocycles. The summed E-state index contributed by atoms with van der Waals surface area (Å²) in [4.78, 5) is 11.7. The molecule has 0 spiro atoms. The standard InChI is InChI=1S/C13H11FN2O2/c1-15(13-5-3-2-4-12(13)14)10-6-8-11(9-7-10)16(17)18/h2-9H,1H3. The second kappa shape index (κ2) is 4.83. The Bertz CT molecular complexity index is 569. The van der Waals surface area contributed by atoms with Crippen LogP contribution in [0.15, 0.2) is 48.5 Å². The topological polar surface area (TPSA) is 46.4 Å². The summed E-state index contributed by atoms with van der Waals surface area (Å²) in [5.41, 5.74) is 1.12. The number of nitro benzene ring substituents is 1. The highest BCUT2D eigenvalue weighted by molar-refractivity contribution is 5.63. The zero-order chi connectivity index (χ0) is 13.1. The molecule has 0 aliphatic heterocycles. The van der Waals surface area contributed by atoms with Crippen LogP contribution in [-0.2, 0) is 0 Å². The zero-order valence-electron chi connectivity index (χ0n) is 9.71. The van der Waals surface area contributed by atoms with Crippen molar-refractivity contribution in [3.05, 3.63) is 64.5 Å². The first kappa shape index (κ1) is 12.0. The molecule has 2 aromatic rings. The Hall–Kier alpha value is -2.43. The number of hydrogen-bond donors (Lipinski definition) is 0. The normalized spacial score (nSPS) is 10.1. The van der Waals surface area contributed by atoms with Crippen molar-refractivity contribution in [2.24, 2.45) is 0 Å². The van der Waals surface area contributed by atoms with E-state index >= 15 is 0 Å². The molecule has 0 bridgehead atoms. The Balaban J connectivity index is 2.32. The summed E-state index contributed by atoms with van der Waals surface area (Å²) in [6.07, 6.45) is 0. The number of rotatable bonds is 3. The van der Waals surface area contributed by atoms with Gasteiger partial charge in [0, 0.05) is 24.9 Å². The minimum absolute atomic E-state index is 0.0145. The molecule has 0 unspecified atom stereocenters. The van der Waals surface area contributed by atoms with Crippen LogP contribution < -0.4 is 4.90 Å². The fourth-order valence-electron chi connectivity index (χ4n) is 1.66. The summed E-state index contributed by atoms with van der Waals surface area (Å²) >= 11 is 0. The van der Waals surface area contributed by atoms with E-state index in [9.17, 15) is 14.5 Å². The molecule has 0 heterocycles. The van der Waals surface area contributed by atoms with Gasteiger partial charge in [-0.25, -0.2) is 4.39 Å². The number of benzene rings is 2. The monoisotopic (exact) mass is 246 g/mol. The van der Waals surface area contributed by atoms with E-state index in [1.807, 2.05) is 0 Å². The van der Waals surface area contributed by atoms with Crippen molar-refractivity contribution in [1.29, 1.82) is 0 Å². The molecule has 2 aromatic carbocycles. The Labute approximate surface area is 103 Å². The molecule has 0 amide bonds. The highest BCUT2D eigenvalue weighted by Crippen LogP contribution is 2.27. The Kier molecular flexibility index (Phi) is 3.23. The van der Waals surface area contributed by atoms with Crippen LogP contribution in [0.5, 0.6) is 0 Å². The Morgan fingerprint density at radius 3 is 2.28 bits per heavy atom. The maximum absolute atomic E-state index is 13.6. The largest absolute Gasteiger partial charge is 0.342 e. The van der Waals surface area contributed by atoms with E-state index in [0.29, 0.717) is 11.4 Å². The van der Waals surface area contributed by atoms with E-state index in [1.165, 1.54) is 18.2 Å². The van der Waals surface area contributed by atoms with Gasteiger partial charge in [-0.2, -0.15) is 0 Å². The number of para-hydroxylation sites is 1. The van der Waals surface area contributed by atoms with E-state index < -0.39 is 4.92 Å². The van der Waals surface area contributed by atoms with Gasteiger partial charge in [0.15, 0.2) is 0 Å². The Morgan fingerprint density at radius 2 is 1.72 bits per heavy atom. The minimum Gasteiger partial charge on any atom is -0.342 e. The molecule has 18 heavy (non-hydrogen) atoms. The summed E-state index contributed by atoms with van der Waals surface area (Å²) in [5.74, 6) is -0.335. The lowest BCUT2D eigenvalue weighted by atomic mass is 10.2. The maximum atomic E-state index is 13.6. The molecule has 4 nitrogen and oxygen atoms in total. The first-order chi connectivity index (χ1) is 8.59. The molecule has 0 atom stereocenters. The number of non-ortho nitro benzene ring substituents is 1. The van der Waals surface area contributed by atoms with Crippen molar-refractivity contribution in [3.8, 4) is 0 Å².